The standard InChI is InChI=1S/C25H24ClN5O/c26-20-6-8-21(9-7-20)29-25-28-17-19-11-12-27-23-16-18(4-3-15-30-13-1-2-14-30)5-10-22(23)24(19)31(25)32/h5-10,16-17,27,32H,1-2,11-15H2. The number of anilines is 1. The van der Waals surface area contributed by atoms with Crippen LogP contribution in [0.5, 0.6) is 0 Å². The highest BCUT2D eigenvalue weighted by Crippen LogP contribution is 2.32. The van der Waals surface area contributed by atoms with Gasteiger partial charge in [-0.2, -0.15) is 0 Å². The molecular formula is C25H24ClN5O. The zero-order valence-corrected chi connectivity index (χ0v) is 18.4. The van der Waals surface area contributed by atoms with E-state index in [2.05, 4.69) is 38.1 Å². The van der Waals surface area contributed by atoms with E-state index in [-0.39, 0.29) is 5.62 Å². The molecular weight excluding hydrogens is 422 g/mol. The summed E-state index contributed by atoms with van der Waals surface area (Å²) in [5.41, 5.74) is 5.35. The van der Waals surface area contributed by atoms with Crippen LogP contribution in [-0.4, -0.2) is 46.0 Å². The molecule has 3 aromatic rings. The lowest BCUT2D eigenvalue weighted by Crippen LogP contribution is -2.25. The fourth-order valence-electron chi connectivity index (χ4n) is 4.17. The van der Waals surface area contributed by atoms with Crippen LogP contribution in [0.3, 0.4) is 0 Å². The molecule has 2 aromatic carbocycles. The van der Waals surface area contributed by atoms with Gasteiger partial charge in [-0.15, -0.1) is 4.73 Å². The molecule has 6 nitrogen and oxygen atoms in total. The van der Waals surface area contributed by atoms with E-state index in [0.29, 0.717) is 16.4 Å². The number of halogens is 1. The van der Waals surface area contributed by atoms with Crippen LogP contribution in [0.4, 0.5) is 11.4 Å². The lowest BCUT2D eigenvalue weighted by atomic mass is 10.0. The number of fused-ring (bicyclic) bond motifs is 3. The predicted octanol–water partition coefficient (Wildman–Crippen LogP) is 4.09. The van der Waals surface area contributed by atoms with E-state index in [4.69, 9.17) is 11.6 Å². The summed E-state index contributed by atoms with van der Waals surface area (Å²) in [6.07, 6.45) is 5.07. The Morgan fingerprint density at radius 2 is 1.94 bits per heavy atom. The van der Waals surface area contributed by atoms with Gasteiger partial charge in [0, 0.05) is 40.1 Å². The molecule has 2 aliphatic heterocycles. The highest BCUT2D eigenvalue weighted by molar-refractivity contribution is 6.30. The largest absolute Gasteiger partial charge is 0.425 e. The van der Waals surface area contributed by atoms with Gasteiger partial charge in [0.1, 0.15) is 0 Å². The fourth-order valence-corrected chi connectivity index (χ4v) is 4.29. The van der Waals surface area contributed by atoms with E-state index >= 15 is 0 Å². The van der Waals surface area contributed by atoms with Crippen molar-refractivity contribution in [2.75, 3.05) is 31.5 Å². The van der Waals surface area contributed by atoms with Gasteiger partial charge >= 0.3 is 0 Å². The fraction of sp³-hybridized carbons (Fsp3) is 0.280. The number of nitrogens with zero attached hydrogens (tertiary/aromatic N) is 4. The number of hydrogen-bond donors (Lipinski definition) is 2. The second kappa shape index (κ2) is 9.07. The zero-order chi connectivity index (χ0) is 21.9. The molecule has 1 saturated heterocycles. The van der Waals surface area contributed by atoms with E-state index in [1.165, 1.54) is 12.8 Å². The van der Waals surface area contributed by atoms with E-state index in [1.54, 1.807) is 30.5 Å². The third-order valence-corrected chi connectivity index (χ3v) is 6.07. The van der Waals surface area contributed by atoms with Crippen molar-refractivity contribution in [2.45, 2.75) is 19.3 Å². The van der Waals surface area contributed by atoms with Gasteiger partial charge in [-0.05, 0) is 74.8 Å². The molecule has 7 heteroatoms. The van der Waals surface area contributed by atoms with Crippen molar-refractivity contribution in [1.82, 2.24) is 14.6 Å². The molecule has 0 atom stereocenters. The van der Waals surface area contributed by atoms with Gasteiger partial charge in [-0.25, -0.2) is 9.98 Å². The molecule has 1 fully saturated rings. The van der Waals surface area contributed by atoms with Crippen LogP contribution in [0.1, 0.15) is 24.0 Å². The van der Waals surface area contributed by atoms with Gasteiger partial charge in [-0.3, -0.25) is 4.90 Å². The normalized spacial score (nSPS) is 15.8. The molecule has 2 aliphatic rings. The van der Waals surface area contributed by atoms with E-state index in [0.717, 1.165) is 59.7 Å². The SMILES string of the molecule is On1c2c(cnc1=Nc1ccc(Cl)cc1)CCNc1cc(C#CCN3CCCC3)ccc1-2. The van der Waals surface area contributed by atoms with Gasteiger partial charge in [0.25, 0.3) is 5.62 Å². The number of likely N-dealkylation sites (tertiary alicyclic amines) is 1. The van der Waals surface area contributed by atoms with Crippen molar-refractivity contribution < 1.29 is 5.21 Å². The van der Waals surface area contributed by atoms with Crippen molar-refractivity contribution in [2.24, 2.45) is 4.99 Å². The minimum absolute atomic E-state index is 0.216. The van der Waals surface area contributed by atoms with Crippen LogP contribution >= 0.6 is 11.6 Å². The third kappa shape index (κ3) is 4.36. The summed E-state index contributed by atoms with van der Waals surface area (Å²) in [5.74, 6) is 6.58. The molecule has 162 valence electrons. The highest BCUT2D eigenvalue weighted by atomic mass is 35.5. The Labute approximate surface area is 192 Å². The maximum Gasteiger partial charge on any atom is 0.264 e. The van der Waals surface area contributed by atoms with Crippen molar-refractivity contribution in [1.29, 1.82) is 0 Å². The summed E-state index contributed by atoms with van der Waals surface area (Å²) < 4.78 is 1.08. The summed E-state index contributed by atoms with van der Waals surface area (Å²) in [4.78, 5) is 11.3. The number of aromatic nitrogens is 2. The predicted molar refractivity (Wildman–Crippen MR) is 126 cm³/mol. The first-order chi connectivity index (χ1) is 15.7. The molecule has 32 heavy (non-hydrogen) atoms. The van der Waals surface area contributed by atoms with Crippen LogP contribution in [0.15, 0.2) is 53.7 Å². The zero-order valence-electron chi connectivity index (χ0n) is 17.7. The number of hydrogen-bond acceptors (Lipinski definition) is 5. The van der Waals surface area contributed by atoms with Gasteiger partial charge in [0.2, 0.25) is 0 Å². The Kier molecular flexibility index (Phi) is 5.85. The van der Waals surface area contributed by atoms with Crippen molar-refractivity contribution in [3.05, 3.63) is 70.4 Å². The summed E-state index contributed by atoms with van der Waals surface area (Å²) in [5, 5.41) is 15.1. The Morgan fingerprint density at radius 3 is 2.75 bits per heavy atom. The number of nitrogens with one attached hydrogen (secondary N) is 1. The van der Waals surface area contributed by atoms with Gasteiger partial charge < -0.3 is 10.5 Å². The first-order valence-electron chi connectivity index (χ1n) is 10.9. The quantitative estimate of drug-likeness (QED) is 0.460. The molecule has 0 saturated carbocycles. The Morgan fingerprint density at radius 1 is 1.12 bits per heavy atom. The topological polar surface area (TPSA) is 65.7 Å². The minimum atomic E-state index is 0.216. The maximum atomic E-state index is 11.0. The monoisotopic (exact) mass is 445 g/mol. The summed E-state index contributed by atoms with van der Waals surface area (Å²) in [6.45, 7) is 3.85. The smallest absolute Gasteiger partial charge is 0.264 e. The first kappa shape index (κ1) is 20.6. The summed E-state index contributed by atoms with van der Waals surface area (Å²) in [7, 11) is 0. The molecule has 5 rings (SSSR count). The van der Waals surface area contributed by atoms with Crippen molar-refractivity contribution >= 4 is 23.0 Å². The average Bonchev–Trinajstić information content (AvgIpc) is 3.24. The molecule has 0 aliphatic carbocycles. The maximum absolute atomic E-state index is 11.0. The lowest BCUT2D eigenvalue weighted by molar-refractivity contribution is 0.171. The summed E-state index contributed by atoms with van der Waals surface area (Å²) in [6, 6.07) is 13.2. The van der Waals surface area contributed by atoms with E-state index in [1.807, 2.05) is 12.1 Å². The van der Waals surface area contributed by atoms with Crippen LogP contribution in [0.2, 0.25) is 5.02 Å². The Bertz CT molecular complexity index is 1260. The van der Waals surface area contributed by atoms with Crippen LogP contribution in [0, 0.1) is 11.8 Å². The minimum Gasteiger partial charge on any atom is -0.425 e. The highest BCUT2D eigenvalue weighted by Gasteiger charge is 2.19. The average molecular weight is 446 g/mol. The second-order valence-corrected chi connectivity index (χ2v) is 8.49. The molecule has 0 bridgehead atoms. The molecule has 0 radical (unpaired) electrons. The van der Waals surface area contributed by atoms with Crippen molar-refractivity contribution in [3.63, 3.8) is 0 Å². The number of rotatable bonds is 2. The molecule has 3 heterocycles. The molecule has 2 N–H and O–H groups in total. The van der Waals surface area contributed by atoms with Crippen LogP contribution < -0.4 is 10.9 Å². The van der Waals surface area contributed by atoms with Gasteiger partial charge in [0.05, 0.1) is 17.9 Å². The van der Waals surface area contributed by atoms with E-state index in [9.17, 15) is 5.21 Å². The van der Waals surface area contributed by atoms with Crippen molar-refractivity contribution in [3.8, 4) is 23.1 Å². The molecule has 0 spiro atoms. The lowest BCUT2D eigenvalue weighted by Gasteiger charge is -2.13. The molecule has 1 aromatic heterocycles. The number of benzene rings is 2. The first-order valence-corrected chi connectivity index (χ1v) is 11.3. The van der Waals surface area contributed by atoms with Gasteiger partial charge in [0.15, 0.2) is 0 Å². The summed E-state index contributed by atoms with van der Waals surface area (Å²) >= 11 is 5.96. The molecule has 0 unspecified atom stereocenters. The van der Waals surface area contributed by atoms with Crippen LogP contribution in [-0.2, 0) is 6.42 Å². The third-order valence-electron chi connectivity index (χ3n) is 5.82. The molecule has 0 amide bonds. The van der Waals surface area contributed by atoms with Crippen LogP contribution in [0.25, 0.3) is 11.3 Å². The second-order valence-electron chi connectivity index (χ2n) is 8.05. The Hall–Kier alpha value is -3.27. The van der Waals surface area contributed by atoms with E-state index < -0.39 is 0 Å². The Balaban J connectivity index is 1.51. The van der Waals surface area contributed by atoms with Gasteiger partial charge in [-0.1, -0.05) is 23.4 Å².